The highest BCUT2D eigenvalue weighted by Crippen LogP contribution is 2.15. The molecule has 2 heterocycles. The normalized spacial score (nSPS) is 12.2. The molecule has 1 atom stereocenters. The lowest BCUT2D eigenvalue weighted by Gasteiger charge is -2.08. The van der Waals surface area contributed by atoms with Crippen molar-refractivity contribution in [2.45, 2.75) is 19.3 Å². The maximum atomic E-state index is 9.91. The molecular weight excluding hydrogens is 312 g/mol. The molecule has 0 radical (unpaired) electrons. The molecule has 0 saturated heterocycles. The van der Waals surface area contributed by atoms with E-state index < -0.39 is 6.10 Å². The molecule has 5 nitrogen and oxygen atoms in total. The molecule has 1 unspecified atom stereocenters. The van der Waals surface area contributed by atoms with Crippen molar-refractivity contribution in [1.29, 1.82) is 0 Å². The van der Waals surface area contributed by atoms with Crippen molar-refractivity contribution < 1.29 is 14.3 Å². The number of thiazole rings is 1. The average Bonchev–Trinajstić information content (AvgIpc) is 3.26. The van der Waals surface area contributed by atoms with Crippen LogP contribution >= 0.6 is 11.3 Å². The Bertz CT molecular complexity index is 698. The van der Waals surface area contributed by atoms with E-state index in [0.717, 1.165) is 16.5 Å². The summed E-state index contributed by atoms with van der Waals surface area (Å²) < 4.78 is 10.8. The van der Waals surface area contributed by atoms with Crippen LogP contribution < -0.4 is 10.1 Å². The Morgan fingerprint density at radius 3 is 2.87 bits per heavy atom. The molecular formula is C17H18N2O3S. The number of para-hydroxylation sites is 1. The Morgan fingerprint density at radius 1 is 1.22 bits per heavy atom. The van der Waals surface area contributed by atoms with Gasteiger partial charge in [-0.1, -0.05) is 18.2 Å². The summed E-state index contributed by atoms with van der Waals surface area (Å²) in [6.45, 7) is 1.48. The Labute approximate surface area is 138 Å². The number of hydrogen-bond acceptors (Lipinski definition) is 6. The Kier molecular flexibility index (Phi) is 5.42. The summed E-state index contributed by atoms with van der Waals surface area (Å²) in [5, 5.41) is 16.0. The van der Waals surface area contributed by atoms with Gasteiger partial charge in [0.2, 0.25) is 0 Å². The van der Waals surface area contributed by atoms with Crippen molar-refractivity contribution in [2.75, 3.05) is 6.54 Å². The SMILES string of the molecule is OC(CNCc1csc(COc2ccccc2)n1)c1ccco1. The fourth-order valence-electron chi connectivity index (χ4n) is 2.08. The minimum Gasteiger partial charge on any atom is -0.486 e. The molecule has 23 heavy (non-hydrogen) atoms. The zero-order chi connectivity index (χ0) is 15.9. The molecule has 0 aliphatic heterocycles. The smallest absolute Gasteiger partial charge is 0.140 e. The number of furan rings is 1. The van der Waals surface area contributed by atoms with E-state index in [4.69, 9.17) is 9.15 Å². The van der Waals surface area contributed by atoms with Crippen LogP contribution in [0.25, 0.3) is 0 Å². The fourth-order valence-corrected chi connectivity index (χ4v) is 2.78. The molecule has 2 aromatic heterocycles. The van der Waals surface area contributed by atoms with E-state index in [1.54, 1.807) is 29.7 Å². The molecule has 0 bridgehead atoms. The number of hydrogen-bond donors (Lipinski definition) is 2. The Balaban J connectivity index is 1.42. The predicted molar refractivity (Wildman–Crippen MR) is 88.3 cm³/mol. The van der Waals surface area contributed by atoms with Crippen LogP contribution in [0.3, 0.4) is 0 Å². The van der Waals surface area contributed by atoms with E-state index in [2.05, 4.69) is 10.3 Å². The van der Waals surface area contributed by atoms with E-state index in [0.29, 0.717) is 25.5 Å². The third-order valence-electron chi connectivity index (χ3n) is 3.22. The Morgan fingerprint density at radius 2 is 2.09 bits per heavy atom. The van der Waals surface area contributed by atoms with Gasteiger partial charge in [-0.25, -0.2) is 4.98 Å². The summed E-state index contributed by atoms with van der Waals surface area (Å²) in [5.74, 6) is 1.40. The third kappa shape index (κ3) is 4.66. The van der Waals surface area contributed by atoms with Gasteiger partial charge in [0, 0.05) is 18.5 Å². The van der Waals surface area contributed by atoms with Gasteiger partial charge >= 0.3 is 0 Å². The van der Waals surface area contributed by atoms with Crippen LogP contribution in [0.15, 0.2) is 58.5 Å². The summed E-state index contributed by atoms with van der Waals surface area (Å²) in [7, 11) is 0. The largest absolute Gasteiger partial charge is 0.486 e. The highest BCUT2D eigenvalue weighted by atomic mass is 32.1. The van der Waals surface area contributed by atoms with Gasteiger partial charge in [0.05, 0.1) is 12.0 Å². The maximum Gasteiger partial charge on any atom is 0.140 e. The van der Waals surface area contributed by atoms with Gasteiger partial charge < -0.3 is 19.6 Å². The van der Waals surface area contributed by atoms with Crippen molar-refractivity contribution in [3.63, 3.8) is 0 Å². The average molecular weight is 330 g/mol. The second kappa shape index (κ2) is 7.92. The van der Waals surface area contributed by atoms with Crippen LogP contribution in [-0.2, 0) is 13.2 Å². The number of aromatic nitrogens is 1. The summed E-state index contributed by atoms with van der Waals surface area (Å²) in [6.07, 6.45) is 0.905. The zero-order valence-corrected chi connectivity index (χ0v) is 13.3. The number of nitrogens with zero attached hydrogens (tertiary/aromatic N) is 1. The van der Waals surface area contributed by atoms with E-state index in [1.165, 1.54) is 0 Å². The molecule has 3 rings (SSSR count). The van der Waals surface area contributed by atoms with Crippen molar-refractivity contribution in [2.24, 2.45) is 0 Å². The van der Waals surface area contributed by atoms with Gasteiger partial charge in [-0.2, -0.15) is 0 Å². The van der Waals surface area contributed by atoms with E-state index >= 15 is 0 Å². The summed E-state index contributed by atoms with van der Waals surface area (Å²) >= 11 is 1.57. The van der Waals surface area contributed by atoms with Crippen molar-refractivity contribution in [3.8, 4) is 5.75 Å². The molecule has 0 saturated carbocycles. The molecule has 1 aromatic carbocycles. The van der Waals surface area contributed by atoms with Gasteiger partial charge in [-0.15, -0.1) is 11.3 Å². The van der Waals surface area contributed by atoms with E-state index in [1.807, 2.05) is 35.7 Å². The minimum atomic E-state index is -0.649. The first-order valence-corrected chi connectivity index (χ1v) is 8.22. The monoisotopic (exact) mass is 330 g/mol. The number of ether oxygens (including phenoxy) is 1. The van der Waals surface area contributed by atoms with Crippen LogP contribution in [0.2, 0.25) is 0 Å². The van der Waals surface area contributed by atoms with E-state index in [-0.39, 0.29) is 0 Å². The topological polar surface area (TPSA) is 67.5 Å². The summed E-state index contributed by atoms with van der Waals surface area (Å²) in [4.78, 5) is 4.51. The fraction of sp³-hybridized carbons (Fsp3) is 0.235. The Hall–Kier alpha value is -2.15. The predicted octanol–water partition coefficient (Wildman–Crippen LogP) is 3.14. The highest BCUT2D eigenvalue weighted by molar-refractivity contribution is 7.09. The van der Waals surface area contributed by atoms with Crippen LogP contribution in [0.5, 0.6) is 5.75 Å². The second-order valence-corrected chi connectivity index (χ2v) is 5.94. The second-order valence-electron chi connectivity index (χ2n) is 5.00. The summed E-state index contributed by atoms with van der Waals surface area (Å²) in [6, 6.07) is 13.2. The standard InChI is InChI=1S/C17H18N2O3S/c20-15(16-7-4-8-21-16)10-18-9-13-12-23-17(19-13)11-22-14-5-2-1-3-6-14/h1-8,12,15,18,20H,9-11H2. The molecule has 0 aliphatic carbocycles. The maximum absolute atomic E-state index is 9.91. The van der Waals surface area contributed by atoms with Crippen molar-refractivity contribution in [1.82, 2.24) is 10.3 Å². The van der Waals surface area contributed by atoms with Crippen LogP contribution in [0.4, 0.5) is 0 Å². The quantitative estimate of drug-likeness (QED) is 0.664. The first-order valence-electron chi connectivity index (χ1n) is 7.34. The molecule has 6 heteroatoms. The number of rotatable bonds is 8. The molecule has 0 amide bonds. The van der Waals surface area contributed by atoms with Gasteiger partial charge in [0.25, 0.3) is 0 Å². The van der Waals surface area contributed by atoms with Crippen molar-refractivity contribution >= 4 is 11.3 Å². The lowest BCUT2D eigenvalue weighted by Crippen LogP contribution is -2.21. The lowest BCUT2D eigenvalue weighted by atomic mass is 10.2. The van der Waals surface area contributed by atoms with E-state index in [9.17, 15) is 5.11 Å². The third-order valence-corrected chi connectivity index (χ3v) is 4.09. The number of benzene rings is 1. The number of aliphatic hydroxyl groups is 1. The summed E-state index contributed by atoms with van der Waals surface area (Å²) in [5.41, 5.74) is 0.938. The number of aliphatic hydroxyl groups excluding tert-OH is 1. The molecule has 2 N–H and O–H groups in total. The van der Waals surface area contributed by atoms with Gasteiger partial charge in [-0.05, 0) is 24.3 Å². The molecule has 0 spiro atoms. The minimum absolute atomic E-state index is 0.418. The van der Waals surface area contributed by atoms with Gasteiger partial charge in [0.15, 0.2) is 0 Å². The van der Waals surface area contributed by atoms with Gasteiger partial charge in [0.1, 0.15) is 29.2 Å². The molecule has 0 aliphatic rings. The van der Waals surface area contributed by atoms with Crippen LogP contribution in [0, 0.1) is 0 Å². The zero-order valence-electron chi connectivity index (χ0n) is 12.5. The molecule has 120 valence electrons. The molecule has 3 aromatic rings. The van der Waals surface area contributed by atoms with Gasteiger partial charge in [-0.3, -0.25) is 0 Å². The van der Waals surface area contributed by atoms with Crippen molar-refractivity contribution in [3.05, 3.63) is 70.6 Å². The number of nitrogens with one attached hydrogen (secondary N) is 1. The van der Waals surface area contributed by atoms with Crippen LogP contribution in [-0.4, -0.2) is 16.6 Å². The lowest BCUT2D eigenvalue weighted by molar-refractivity contribution is 0.147. The highest BCUT2D eigenvalue weighted by Gasteiger charge is 2.10. The molecule has 0 fully saturated rings. The van der Waals surface area contributed by atoms with Crippen LogP contribution in [0.1, 0.15) is 22.6 Å². The first kappa shape index (κ1) is 15.7. The first-order chi connectivity index (χ1) is 11.3.